The first-order valence-corrected chi connectivity index (χ1v) is 9.49. The Morgan fingerprint density at radius 1 is 1.03 bits per heavy atom. The van der Waals surface area contributed by atoms with Crippen LogP contribution in [0.4, 0.5) is 5.69 Å². The Labute approximate surface area is 180 Å². The summed E-state index contributed by atoms with van der Waals surface area (Å²) in [5.74, 6) is -1.35. The number of Topliss-reactive ketones (excluding diaryl/α,β-unsaturated/α-hetero) is 1. The summed E-state index contributed by atoms with van der Waals surface area (Å²) in [6.07, 6.45) is 2.88. The second-order valence-electron chi connectivity index (χ2n) is 6.59. The summed E-state index contributed by atoms with van der Waals surface area (Å²) in [6.45, 7) is 2.29. The van der Waals surface area contributed by atoms with Gasteiger partial charge in [0.15, 0.2) is 12.4 Å². The molecule has 0 aliphatic heterocycles. The minimum Gasteiger partial charge on any atom is -0.497 e. The van der Waals surface area contributed by atoms with Crippen molar-refractivity contribution in [3.63, 3.8) is 0 Å². The van der Waals surface area contributed by atoms with E-state index in [-0.39, 0.29) is 5.78 Å². The van der Waals surface area contributed by atoms with Crippen molar-refractivity contribution in [2.45, 2.75) is 19.9 Å². The molecule has 0 heterocycles. The molecule has 2 amide bonds. The molecule has 0 spiro atoms. The zero-order valence-electron chi connectivity index (χ0n) is 17.5. The lowest BCUT2D eigenvalue weighted by Crippen LogP contribution is -2.39. The topological polar surface area (TPSA) is 111 Å². The number of esters is 1. The molecule has 8 nitrogen and oxygen atoms in total. The molecule has 31 heavy (non-hydrogen) atoms. The summed E-state index contributed by atoms with van der Waals surface area (Å²) in [5.41, 5.74) is 1.47. The van der Waals surface area contributed by atoms with Gasteiger partial charge in [0.2, 0.25) is 5.91 Å². The molecule has 0 unspecified atom stereocenters. The monoisotopic (exact) mass is 424 g/mol. The van der Waals surface area contributed by atoms with Crippen LogP contribution in [0.5, 0.6) is 5.75 Å². The molecule has 2 rings (SSSR count). The van der Waals surface area contributed by atoms with E-state index in [1.807, 2.05) is 0 Å². The van der Waals surface area contributed by atoms with Gasteiger partial charge >= 0.3 is 5.97 Å². The number of hydrogen-bond acceptors (Lipinski definition) is 6. The van der Waals surface area contributed by atoms with Gasteiger partial charge in [0.05, 0.1) is 12.8 Å². The Morgan fingerprint density at radius 3 is 2.35 bits per heavy atom. The first kappa shape index (κ1) is 23.3. The molecule has 8 heteroatoms. The van der Waals surface area contributed by atoms with Gasteiger partial charge in [-0.3, -0.25) is 14.4 Å². The van der Waals surface area contributed by atoms with E-state index in [1.165, 1.54) is 19.9 Å². The lowest BCUT2D eigenvalue weighted by molar-refractivity contribution is -0.149. The summed E-state index contributed by atoms with van der Waals surface area (Å²) in [5, 5.41) is 5.00. The fourth-order valence-electron chi connectivity index (χ4n) is 2.55. The van der Waals surface area contributed by atoms with E-state index in [9.17, 15) is 19.2 Å². The highest BCUT2D eigenvalue weighted by Crippen LogP contribution is 2.15. The molecule has 0 radical (unpaired) electrons. The molecule has 2 N–H and O–H groups in total. The Balaban J connectivity index is 1.81. The maximum Gasteiger partial charge on any atom is 0.328 e. The molecule has 1 atom stereocenters. The van der Waals surface area contributed by atoms with Crippen molar-refractivity contribution in [3.05, 3.63) is 65.7 Å². The molecule has 0 aliphatic carbocycles. The maximum absolute atomic E-state index is 12.0. The van der Waals surface area contributed by atoms with Crippen LogP contribution in [-0.4, -0.2) is 43.3 Å². The van der Waals surface area contributed by atoms with Gasteiger partial charge < -0.3 is 20.1 Å². The van der Waals surface area contributed by atoms with Crippen molar-refractivity contribution in [1.82, 2.24) is 5.32 Å². The van der Waals surface area contributed by atoms with E-state index < -0.39 is 30.4 Å². The molecule has 0 fully saturated rings. The molecule has 0 saturated heterocycles. The zero-order valence-corrected chi connectivity index (χ0v) is 17.5. The number of anilines is 1. The van der Waals surface area contributed by atoms with Gasteiger partial charge in [0.25, 0.3) is 5.91 Å². The molecule has 0 saturated carbocycles. The van der Waals surface area contributed by atoms with E-state index in [2.05, 4.69) is 10.6 Å². The summed E-state index contributed by atoms with van der Waals surface area (Å²) in [6, 6.07) is 12.6. The number of nitrogens with one attached hydrogen (secondary N) is 2. The van der Waals surface area contributed by atoms with Crippen LogP contribution < -0.4 is 15.4 Å². The van der Waals surface area contributed by atoms with Crippen LogP contribution in [0.25, 0.3) is 6.08 Å². The van der Waals surface area contributed by atoms with Crippen LogP contribution in [0, 0.1) is 0 Å². The number of carbonyl (C=O) groups excluding carboxylic acids is 4. The maximum atomic E-state index is 12.0. The Hall–Kier alpha value is -3.94. The number of para-hydroxylation sites is 1. The minimum atomic E-state index is -0.953. The fraction of sp³-hybridized carbons (Fsp3) is 0.217. The molecule has 0 aromatic heterocycles. The average molecular weight is 424 g/mol. The van der Waals surface area contributed by atoms with Crippen molar-refractivity contribution < 1.29 is 28.7 Å². The first-order chi connectivity index (χ1) is 14.8. The third-order valence-corrected chi connectivity index (χ3v) is 4.18. The lowest BCUT2D eigenvalue weighted by Gasteiger charge is -2.13. The normalized spacial score (nSPS) is 11.5. The third-order valence-electron chi connectivity index (χ3n) is 4.18. The van der Waals surface area contributed by atoms with Crippen LogP contribution in [0.3, 0.4) is 0 Å². The van der Waals surface area contributed by atoms with E-state index in [4.69, 9.17) is 9.47 Å². The smallest absolute Gasteiger partial charge is 0.328 e. The van der Waals surface area contributed by atoms with Crippen LogP contribution >= 0.6 is 0 Å². The van der Waals surface area contributed by atoms with Gasteiger partial charge in [-0.15, -0.1) is 0 Å². The van der Waals surface area contributed by atoms with E-state index in [0.717, 1.165) is 5.56 Å². The Morgan fingerprint density at radius 2 is 1.71 bits per heavy atom. The highest BCUT2D eigenvalue weighted by Gasteiger charge is 2.18. The molecule has 2 aromatic rings. The second kappa shape index (κ2) is 11.3. The second-order valence-corrected chi connectivity index (χ2v) is 6.59. The quantitative estimate of drug-likeness (QED) is 0.364. The minimum absolute atomic E-state index is 0.202. The summed E-state index contributed by atoms with van der Waals surface area (Å²) in [7, 11) is 1.56. The van der Waals surface area contributed by atoms with Gasteiger partial charge in [-0.1, -0.05) is 24.3 Å². The molecule has 0 bridgehead atoms. The summed E-state index contributed by atoms with van der Waals surface area (Å²) >= 11 is 0. The Bertz CT molecular complexity index is 982. The number of benzene rings is 2. The van der Waals surface area contributed by atoms with Gasteiger partial charge in [0, 0.05) is 11.6 Å². The van der Waals surface area contributed by atoms with Crippen molar-refractivity contribution in [1.29, 1.82) is 0 Å². The number of methoxy groups -OCH3 is 1. The largest absolute Gasteiger partial charge is 0.497 e. The first-order valence-electron chi connectivity index (χ1n) is 9.49. The van der Waals surface area contributed by atoms with Crippen LogP contribution in [0.2, 0.25) is 0 Å². The number of amides is 2. The number of carbonyl (C=O) groups is 4. The predicted molar refractivity (Wildman–Crippen MR) is 116 cm³/mol. The predicted octanol–water partition coefficient (Wildman–Crippen LogP) is 2.60. The molecular weight excluding hydrogens is 400 g/mol. The Kier molecular flexibility index (Phi) is 8.51. The highest BCUT2D eigenvalue weighted by atomic mass is 16.5. The highest BCUT2D eigenvalue weighted by molar-refractivity contribution is 6.04. The number of rotatable bonds is 9. The van der Waals surface area contributed by atoms with Gasteiger partial charge in [-0.05, 0) is 49.8 Å². The molecule has 0 aliphatic rings. The van der Waals surface area contributed by atoms with Crippen molar-refractivity contribution >= 4 is 35.3 Å². The third kappa shape index (κ3) is 7.43. The number of ketones is 1. The van der Waals surface area contributed by atoms with E-state index in [0.29, 0.717) is 17.0 Å². The molecular formula is C23H24N2O6. The average Bonchev–Trinajstić information content (AvgIpc) is 2.76. The van der Waals surface area contributed by atoms with Crippen LogP contribution in [0.15, 0.2) is 54.6 Å². The van der Waals surface area contributed by atoms with Crippen molar-refractivity contribution in [2.75, 3.05) is 19.0 Å². The van der Waals surface area contributed by atoms with Gasteiger partial charge in [0.1, 0.15) is 11.8 Å². The van der Waals surface area contributed by atoms with E-state index in [1.54, 1.807) is 61.7 Å². The number of hydrogen-bond donors (Lipinski definition) is 2. The fourth-order valence-corrected chi connectivity index (χ4v) is 2.55. The van der Waals surface area contributed by atoms with Crippen LogP contribution in [-0.2, 0) is 19.1 Å². The summed E-state index contributed by atoms with van der Waals surface area (Å²) < 4.78 is 10.0. The molecule has 162 valence electrons. The number of ether oxygens (including phenoxy) is 2. The van der Waals surface area contributed by atoms with Gasteiger partial charge in [-0.2, -0.15) is 0 Å². The van der Waals surface area contributed by atoms with E-state index >= 15 is 0 Å². The standard InChI is InChI=1S/C23H24N2O6/c1-15(24-21(27)13-10-17-8-11-18(30-3)12-9-17)23(29)31-14-22(28)25-20-7-5-4-6-19(20)16(2)26/h4-13,15H,14H2,1-3H3,(H,24,27)(H,25,28)/t15-/m0/s1. The van der Waals surface area contributed by atoms with Gasteiger partial charge in [-0.25, -0.2) is 4.79 Å². The SMILES string of the molecule is COc1ccc(C=CC(=O)N[C@@H](C)C(=O)OCC(=O)Nc2ccccc2C(C)=O)cc1. The zero-order chi connectivity index (χ0) is 22.8. The van der Waals surface area contributed by atoms with Crippen molar-refractivity contribution in [3.8, 4) is 5.75 Å². The lowest BCUT2D eigenvalue weighted by atomic mass is 10.1. The van der Waals surface area contributed by atoms with Crippen LogP contribution in [0.1, 0.15) is 29.8 Å². The molecule has 2 aromatic carbocycles. The van der Waals surface area contributed by atoms with Crippen molar-refractivity contribution in [2.24, 2.45) is 0 Å². The summed E-state index contributed by atoms with van der Waals surface area (Å²) in [4.78, 5) is 47.7.